The molecule has 0 fully saturated rings. The molecule has 17 heavy (non-hydrogen) atoms. The highest BCUT2D eigenvalue weighted by molar-refractivity contribution is 5.97. The van der Waals surface area contributed by atoms with Crippen molar-refractivity contribution in [3.8, 4) is 0 Å². The second-order valence-corrected chi connectivity index (χ2v) is 4.46. The van der Waals surface area contributed by atoms with Crippen LogP contribution >= 0.6 is 0 Å². The van der Waals surface area contributed by atoms with Gasteiger partial charge < -0.3 is 10.6 Å². The Balaban J connectivity index is 2.84. The maximum atomic E-state index is 12.2. The van der Waals surface area contributed by atoms with Gasteiger partial charge in [-0.25, -0.2) is 0 Å². The summed E-state index contributed by atoms with van der Waals surface area (Å²) in [5.41, 5.74) is 6.74. The van der Waals surface area contributed by atoms with E-state index >= 15 is 0 Å². The number of carbonyl (C=O) groups is 1. The van der Waals surface area contributed by atoms with E-state index in [0.29, 0.717) is 23.8 Å². The van der Waals surface area contributed by atoms with Crippen LogP contribution in [0.3, 0.4) is 0 Å². The number of amides is 1. The van der Waals surface area contributed by atoms with Gasteiger partial charge in [-0.15, -0.1) is 0 Å². The molecule has 96 valence electrons. The van der Waals surface area contributed by atoms with Gasteiger partial charge in [0.05, 0.1) is 11.9 Å². The van der Waals surface area contributed by atoms with E-state index in [4.69, 9.17) is 5.73 Å². The van der Waals surface area contributed by atoms with Crippen LogP contribution in [0.25, 0.3) is 0 Å². The van der Waals surface area contributed by atoms with Crippen molar-refractivity contribution in [1.29, 1.82) is 0 Å². The third kappa shape index (κ3) is 2.99. The average Bonchev–Trinajstić information content (AvgIpc) is 2.69. The molecule has 0 aliphatic carbocycles. The van der Waals surface area contributed by atoms with Crippen LogP contribution in [-0.2, 0) is 6.54 Å². The largest absolute Gasteiger partial charge is 0.396 e. The molecule has 0 aliphatic heterocycles. The molecule has 1 rings (SSSR count). The third-order valence-corrected chi connectivity index (χ3v) is 3.00. The monoisotopic (exact) mass is 238 g/mol. The molecular weight excluding hydrogens is 216 g/mol. The Kier molecular flexibility index (Phi) is 4.54. The summed E-state index contributed by atoms with van der Waals surface area (Å²) in [6, 6.07) is 0. The van der Waals surface area contributed by atoms with Crippen LogP contribution in [0.2, 0.25) is 0 Å². The van der Waals surface area contributed by atoms with E-state index in [0.717, 1.165) is 13.0 Å². The van der Waals surface area contributed by atoms with Gasteiger partial charge in [0, 0.05) is 20.1 Å². The van der Waals surface area contributed by atoms with Crippen molar-refractivity contribution in [1.82, 2.24) is 14.7 Å². The number of aromatic nitrogens is 2. The van der Waals surface area contributed by atoms with Crippen LogP contribution in [-0.4, -0.2) is 34.2 Å². The van der Waals surface area contributed by atoms with Crippen LogP contribution in [0.4, 0.5) is 5.69 Å². The lowest BCUT2D eigenvalue weighted by Crippen LogP contribution is -2.33. The number of carbonyl (C=O) groups excluding carboxylic acids is 1. The lowest BCUT2D eigenvalue weighted by Gasteiger charge is -2.21. The predicted molar refractivity (Wildman–Crippen MR) is 68.7 cm³/mol. The van der Waals surface area contributed by atoms with E-state index < -0.39 is 0 Å². The number of rotatable bonds is 5. The SMILES string of the molecule is CCC(C)CN(C)C(=O)c1c(N)cnn1CC. The summed E-state index contributed by atoms with van der Waals surface area (Å²) in [5.74, 6) is 0.435. The van der Waals surface area contributed by atoms with Gasteiger partial charge in [0.2, 0.25) is 0 Å². The third-order valence-electron chi connectivity index (χ3n) is 3.00. The second-order valence-electron chi connectivity index (χ2n) is 4.46. The highest BCUT2D eigenvalue weighted by atomic mass is 16.2. The molecule has 1 aromatic heterocycles. The van der Waals surface area contributed by atoms with Gasteiger partial charge in [-0.2, -0.15) is 5.10 Å². The minimum atomic E-state index is -0.0536. The molecule has 5 nitrogen and oxygen atoms in total. The first-order chi connectivity index (χ1) is 8.01. The van der Waals surface area contributed by atoms with Crippen LogP contribution < -0.4 is 5.73 Å². The molecule has 1 unspecified atom stereocenters. The van der Waals surface area contributed by atoms with Crippen molar-refractivity contribution in [2.75, 3.05) is 19.3 Å². The molecule has 0 saturated heterocycles. The van der Waals surface area contributed by atoms with E-state index in [1.807, 2.05) is 6.92 Å². The highest BCUT2D eigenvalue weighted by Gasteiger charge is 2.20. The normalized spacial score (nSPS) is 12.5. The molecular formula is C12H22N4O. The quantitative estimate of drug-likeness (QED) is 0.847. The predicted octanol–water partition coefficient (Wildman–Crippen LogP) is 1.60. The van der Waals surface area contributed by atoms with Gasteiger partial charge in [-0.1, -0.05) is 20.3 Å². The van der Waals surface area contributed by atoms with Crippen molar-refractivity contribution < 1.29 is 4.79 Å². The summed E-state index contributed by atoms with van der Waals surface area (Å²) in [4.78, 5) is 14.0. The highest BCUT2D eigenvalue weighted by Crippen LogP contribution is 2.14. The van der Waals surface area contributed by atoms with Gasteiger partial charge in [-0.3, -0.25) is 9.48 Å². The number of nitrogens with two attached hydrogens (primary N) is 1. The number of hydrogen-bond acceptors (Lipinski definition) is 3. The lowest BCUT2D eigenvalue weighted by molar-refractivity contribution is 0.0763. The summed E-state index contributed by atoms with van der Waals surface area (Å²) in [5, 5.41) is 4.08. The van der Waals surface area contributed by atoms with Crippen molar-refractivity contribution >= 4 is 11.6 Å². The Morgan fingerprint density at radius 2 is 2.24 bits per heavy atom. The second kappa shape index (κ2) is 5.70. The fourth-order valence-corrected chi connectivity index (χ4v) is 1.73. The van der Waals surface area contributed by atoms with Gasteiger partial charge >= 0.3 is 0 Å². The number of anilines is 1. The summed E-state index contributed by atoms with van der Waals surface area (Å²) >= 11 is 0. The Morgan fingerprint density at radius 1 is 1.59 bits per heavy atom. The van der Waals surface area contributed by atoms with Crippen LogP contribution in [0.5, 0.6) is 0 Å². The Hall–Kier alpha value is -1.52. The first kappa shape index (κ1) is 13.5. The molecule has 0 aliphatic rings. The van der Waals surface area contributed by atoms with Gasteiger partial charge in [0.15, 0.2) is 0 Å². The zero-order valence-electron chi connectivity index (χ0n) is 11.1. The minimum Gasteiger partial charge on any atom is -0.396 e. The molecule has 5 heteroatoms. The van der Waals surface area contributed by atoms with Gasteiger partial charge in [-0.05, 0) is 12.8 Å². The number of hydrogen-bond donors (Lipinski definition) is 1. The summed E-state index contributed by atoms with van der Waals surface area (Å²) < 4.78 is 1.64. The maximum absolute atomic E-state index is 12.2. The molecule has 1 amide bonds. The fourth-order valence-electron chi connectivity index (χ4n) is 1.73. The van der Waals surface area contributed by atoms with Crippen molar-refractivity contribution in [2.45, 2.75) is 33.7 Å². The van der Waals surface area contributed by atoms with Gasteiger partial charge in [0.25, 0.3) is 5.91 Å². The Morgan fingerprint density at radius 3 is 2.76 bits per heavy atom. The molecule has 0 spiro atoms. The van der Waals surface area contributed by atoms with Crippen molar-refractivity contribution in [2.24, 2.45) is 5.92 Å². The van der Waals surface area contributed by atoms with Crippen LogP contribution in [0.1, 0.15) is 37.7 Å². The number of nitrogen functional groups attached to an aromatic ring is 1. The first-order valence-corrected chi connectivity index (χ1v) is 6.07. The van der Waals surface area contributed by atoms with Crippen LogP contribution in [0.15, 0.2) is 6.20 Å². The standard InChI is InChI=1S/C12H22N4O/c1-5-9(3)8-15(4)12(17)11-10(13)7-14-16(11)6-2/h7,9H,5-6,8,13H2,1-4H3. The zero-order chi connectivity index (χ0) is 13.0. The van der Waals surface area contributed by atoms with E-state index in [9.17, 15) is 4.79 Å². The summed E-state index contributed by atoms with van der Waals surface area (Å²) in [7, 11) is 1.81. The average molecular weight is 238 g/mol. The zero-order valence-corrected chi connectivity index (χ0v) is 11.1. The smallest absolute Gasteiger partial charge is 0.274 e. The van der Waals surface area contributed by atoms with Crippen molar-refractivity contribution in [3.63, 3.8) is 0 Å². The molecule has 1 aromatic rings. The topological polar surface area (TPSA) is 64.2 Å². The Labute approximate surface area is 103 Å². The van der Waals surface area contributed by atoms with Gasteiger partial charge in [0.1, 0.15) is 5.69 Å². The van der Waals surface area contributed by atoms with Crippen molar-refractivity contribution in [3.05, 3.63) is 11.9 Å². The number of nitrogens with zero attached hydrogens (tertiary/aromatic N) is 3. The molecule has 0 saturated carbocycles. The molecule has 2 N–H and O–H groups in total. The molecule has 0 bridgehead atoms. The molecule has 1 heterocycles. The maximum Gasteiger partial charge on any atom is 0.274 e. The van der Waals surface area contributed by atoms with E-state index in [1.165, 1.54) is 6.20 Å². The fraction of sp³-hybridized carbons (Fsp3) is 0.667. The molecule has 0 aromatic carbocycles. The van der Waals surface area contributed by atoms with E-state index in [-0.39, 0.29) is 5.91 Å². The van der Waals surface area contributed by atoms with Crippen LogP contribution in [0, 0.1) is 5.92 Å². The summed E-state index contributed by atoms with van der Waals surface area (Å²) in [6.45, 7) is 7.58. The van der Waals surface area contributed by atoms with E-state index in [1.54, 1.807) is 16.6 Å². The molecule has 1 atom stereocenters. The lowest BCUT2D eigenvalue weighted by atomic mass is 10.1. The minimum absolute atomic E-state index is 0.0536. The molecule has 0 radical (unpaired) electrons. The first-order valence-electron chi connectivity index (χ1n) is 6.07. The summed E-state index contributed by atoms with van der Waals surface area (Å²) in [6.07, 6.45) is 2.59. The van der Waals surface area contributed by atoms with E-state index in [2.05, 4.69) is 18.9 Å². The Bertz CT molecular complexity index is 386. The number of aryl methyl sites for hydroxylation is 1.